The minimum Gasteiger partial charge on any atom is -0.441 e. The Morgan fingerprint density at radius 2 is 1.69 bits per heavy atom. The van der Waals surface area contributed by atoms with Gasteiger partial charge in [0, 0.05) is 18.7 Å². The van der Waals surface area contributed by atoms with Crippen molar-refractivity contribution in [3.63, 3.8) is 0 Å². The van der Waals surface area contributed by atoms with Crippen LogP contribution in [0.15, 0.2) is 59.0 Å². The number of nitrogens with one attached hydrogen (secondary N) is 1. The smallest absolute Gasteiger partial charge is 0.230 e. The molecule has 0 spiro atoms. The number of aryl methyl sites for hydroxylation is 1. The highest BCUT2D eigenvalue weighted by atomic mass is 16.4. The summed E-state index contributed by atoms with van der Waals surface area (Å²) in [5.74, 6) is 1.15. The number of carbonyl (C=O) groups excluding carboxylic acids is 1. The maximum absolute atomic E-state index is 12.8. The Morgan fingerprint density at radius 1 is 1.00 bits per heavy atom. The minimum atomic E-state index is -0.0803. The van der Waals surface area contributed by atoms with Gasteiger partial charge in [-0.2, -0.15) is 0 Å². The van der Waals surface area contributed by atoms with Crippen molar-refractivity contribution in [2.24, 2.45) is 0 Å². The molecule has 0 unspecified atom stereocenters. The SMILES string of the molecule is Cc1oc(-c2ccccc2)nc1CC(=O)Nc1ccccc1N1CCCCCC1. The molecule has 4 rings (SSSR count). The van der Waals surface area contributed by atoms with E-state index in [1.165, 1.54) is 25.7 Å². The largest absolute Gasteiger partial charge is 0.441 e. The molecule has 3 aromatic rings. The quantitative estimate of drug-likeness (QED) is 0.651. The molecule has 1 amide bonds. The summed E-state index contributed by atoms with van der Waals surface area (Å²) < 4.78 is 5.79. The molecule has 5 nitrogen and oxygen atoms in total. The van der Waals surface area contributed by atoms with Crippen LogP contribution in [-0.4, -0.2) is 24.0 Å². The van der Waals surface area contributed by atoms with E-state index in [0.717, 1.165) is 30.0 Å². The van der Waals surface area contributed by atoms with Gasteiger partial charge >= 0.3 is 0 Å². The molecule has 5 heteroatoms. The van der Waals surface area contributed by atoms with Gasteiger partial charge in [-0.3, -0.25) is 4.79 Å². The number of oxazole rings is 1. The van der Waals surface area contributed by atoms with Crippen LogP contribution in [0.4, 0.5) is 11.4 Å². The number of carbonyl (C=O) groups is 1. The van der Waals surface area contributed by atoms with Gasteiger partial charge in [-0.25, -0.2) is 4.98 Å². The topological polar surface area (TPSA) is 58.4 Å². The number of nitrogens with zero attached hydrogens (tertiary/aromatic N) is 2. The lowest BCUT2D eigenvalue weighted by Gasteiger charge is -2.25. The van der Waals surface area contributed by atoms with Crippen LogP contribution in [-0.2, 0) is 11.2 Å². The van der Waals surface area contributed by atoms with Crippen LogP contribution in [0, 0.1) is 6.92 Å². The second-order valence-electron chi connectivity index (χ2n) is 7.53. The molecule has 0 bridgehead atoms. The number of hydrogen-bond donors (Lipinski definition) is 1. The zero-order chi connectivity index (χ0) is 20.1. The Hall–Kier alpha value is -3.08. The van der Waals surface area contributed by atoms with E-state index in [-0.39, 0.29) is 12.3 Å². The first kappa shape index (κ1) is 19.2. The van der Waals surface area contributed by atoms with Crippen molar-refractivity contribution in [2.75, 3.05) is 23.3 Å². The second-order valence-corrected chi connectivity index (χ2v) is 7.53. The first-order valence-electron chi connectivity index (χ1n) is 10.4. The normalized spacial score (nSPS) is 14.4. The molecule has 1 fully saturated rings. The average molecular weight is 389 g/mol. The van der Waals surface area contributed by atoms with E-state index >= 15 is 0 Å². The Balaban J connectivity index is 1.48. The molecule has 0 radical (unpaired) electrons. The van der Waals surface area contributed by atoms with E-state index in [4.69, 9.17) is 4.42 Å². The number of aromatic nitrogens is 1. The zero-order valence-electron chi connectivity index (χ0n) is 16.9. The third kappa shape index (κ3) is 4.67. The summed E-state index contributed by atoms with van der Waals surface area (Å²) in [4.78, 5) is 19.7. The van der Waals surface area contributed by atoms with Crippen molar-refractivity contribution >= 4 is 17.3 Å². The first-order chi connectivity index (χ1) is 14.2. The monoisotopic (exact) mass is 389 g/mol. The summed E-state index contributed by atoms with van der Waals surface area (Å²) in [6, 6.07) is 17.8. The van der Waals surface area contributed by atoms with Crippen molar-refractivity contribution in [2.45, 2.75) is 39.0 Å². The van der Waals surface area contributed by atoms with Gasteiger partial charge in [0.05, 0.1) is 23.5 Å². The van der Waals surface area contributed by atoms with Crippen LogP contribution in [0.5, 0.6) is 0 Å². The van der Waals surface area contributed by atoms with E-state index in [1.54, 1.807) is 0 Å². The Bertz CT molecular complexity index is 957. The molecule has 2 heterocycles. The van der Waals surface area contributed by atoms with Crippen LogP contribution >= 0.6 is 0 Å². The molecule has 0 aliphatic carbocycles. The first-order valence-corrected chi connectivity index (χ1v) is 10.4. The molecule has 1 aliphatic heterocycles. The molecule has 0 saturated carbocycles. The molecule has 1 aromatic heterocycles. The number of hydrogen-bond acceptors (Lipinski definition) is 4. The van der Waals surface area contributed by atoms with Crippen LogP contribution < -0.4 is 10.2 Å². The van der Waals surface area contributed by atoms with Gasteiger partial charge < -0.3 is 14.6 Å². The lowest BCUT2D eigenvalue weighted by Crippen LogP contribution is -2.26. The van der Waals surface area contributed by atoms with Crippen molar-refractivity contribution in [1.29, 1.82) is 0 Å². The third-order valence-corrected chi connectivity index (χ3v) is 5.37. The summed E-state index contributed by atoms with van der Waals surface area (Å²) in [5, 5.41) is 3.09. The van der Waals surface area contributed by atoms with Crippen molar-refractivity contribution in [3.05, 3.63) is 66.1 Å². The van der Waals surface area contributed by atoms with E-state index in [1.807, 2.05) is 55.5 Å². The second kappa shape index (κ2) is 8.95. The van der Waals surface area contributed by atoms with Gasteiger partial charge in [-0.15, -0.1) is 0 Å². The van der Waals surface area contributed by atoms with Crippen LogP contribution in [0.3, 0.4) is 0 Å². The molecule has 1 aliphatic rings. The maximum Gasteiger partial charge on any atom is 0.230 e. The number of amides is 1. The maximum atomic E-state index is 12.8. The average Bonchev–Trinajstić information content (AvgIpc) is 2.94. The Labute approximate surface area is 171 Å². The lowest BCUT2D eigenvalue weighted by molar-refractivity contribution is -0.115. The van der Waals surface area contributed by atoms with Gasteiger partial charge in [0.15, 0.2) is 0 Å². The van der Waals surface area contributed by atoms with Gasteiger partial charge in [0.25, 0.3) is 0 Å². The number of rotatable bonds is 5. The Morgan fingerprint density at radius 3 is 2.45 bits per heavy atom. The highest BCUT2D eigenvalue weighted by Gasteiger charge is 2.17. The number of benzene rings is 2. The van der Waals surface area contributed by atoms with Crippen molar-refractivity contribution in [3.8, 4) is 11.5 Å². The Kier molecular flexibility index (Phi) is 5.94. The predicted octanol–water partition coefficient (Wildman–Crippen LogP) is 5.21. The minimum absolute atomic E-state index is 0.0803. The lowest BCUT2D eigenvalue weighted by atomic mass is 10.2. The molecule has 1 saturated heterocycles. The summed E-state index contributed by atoms with van der Waals surface area (Å²) in [7, 11) is 0. The molecular formula is C24H27N3O2. The van der Waals surface area contributed by atoms with Crippen molar-refractivity contribution < 1.29 is 9.21 Å². The molecule has 0 atom stereocenters. The molecule has 29 heavy (non-hydrogen) atoms. The summed E-state index contributed by atoms with van der Waals surface area (Å²) >= 11 is 0. The third-order valence-electron chi connectivity index (χ3n) is 5.37. The van der Waals surface area contributed by atoms with Crippen LogP contribution in [0.25, 0.3) is 11.5 Å². The summed E-state index contributed by atoms with van der Waals surface area (Å²) in [5.41, 5.74) is 3.55. The molecule has 150 valence electrons. The zero-order valence-corrected chi connectivity index (χ0v) is 16.9. The van der Waals surface area contributed by atoms with Gasteiger partial charge in [-0.1, -0.05) is 43.2 Å². The predicted molar refractivity (Wildman–Crippen MR) is 116 cm³/mol. The highest BCUT2D eigenvalue weighted by Crippen LogP contribution is 2.28. The standard InChI is InChI=1S/C24H27N3O2/c1-18-21(26-24(29-18)19-11-5-4-6-12-19)17-23(28)25-20-13-7-8-14-22(20)27-15-9-2-3-10-16-27/h4-8,11-14H,2-3,9-10,15-17H2,1H3,(H,25,28). The summed E-state index contributed by atoms with van der Waals surface area (Å²) in [6.07, 6.45) is 5.14. The fourth-order valence-electron chi connectivity index (χ4n) is 3.81. The molecular weight excluding hydrogens is 362 g/mol. The van der Waals surface area contributed by atoms with E-state index in [9.17, 15) is 4.79 Å². The number of anilines is 2. The fraction of sp³-hybridized carbons (Fsp3) is 0.333. The van der Waals surface area contributed by atoms with Gasteiger partial charge in [0.1, 0.15) is 5.76 Å². The fourth-order valence-corrected chi connectivity index (χ4v) is 3.81. The van der Waals surface area contributed by atoms with E-state index in [0.29, 0.717) is 17.3 Å². The van der Waals surface area contributed by atoms with E-state index < -0.39 is 0 Å². The van der Waals surface area contributed by atoms with Crippen molar-refractivity contribution in [1.82, 2.24) is 4.98 Å². The molecule has 2 aromatic carbocycles. The molecule has 1 N–H and O–H groups in total. The van der Waals surface area contributed by atoms with Crippen LogP contribution in [0.1, 0.15) is 37.1 Å². The van der Waals surface area contributed by atoms with Gasteiger partial charge in [-0.05, 0) is 44.0 Å². The highest BCUT2D eigenvalue weighted by molar-refractivity contribution is 5.95. The van der Waals surface area contributed by atoms with E-state index in [2.05, 4.69) is 21.3 Å². The summed E-state index contributed by atoms with van der Waals surface area (Å²) in [6.45, 7) is 3.93. The van der Waals surface area contributed by atoms with Crippen LogP contribution in [0.2, 0.25) is 0 Å². The van der Waals surface area contributed by atoms with Gasteiger partial charge in [0.2, 0.25) is 11.8 Å². The number of para-hydroxylation sites is 2.